The van der Waals surface area contributed by atoms with E-state index in [0.29, 0.717) is 11.4 Å². The van der Waals surface area contributed by atoms with E-state index in [1.807, 2.05) is 0 Å². The molecule has 2 rings (SSSR count). The SMILES string of the molecule is Cc1nnc(NC(=O)C2(C(F)(F)F)CCNC2)nc1C. The van der Waals surface area contributed by atoms with Crippen molar-refractivity contribution in [3.8, 4) is 0 Å². The van der Waals surface area contributed by atoms with Gasteiger partial charge in [-0.25, -0.2) is 4.98 Å². The molecule has 20 heavy (non-hydrogen) atoms. The van der Waals surface area contributed by atoms with Gasteiger partial charge in [0.15, 0.2) is 5.41 Å². The molecule has 2 heterocycles. The van der Waals surface area contributed by atoms with Gasteiger partial charge in [0.05, 0.1) is 11.4 Å². The maximum Gasteiger partial charge on any atom is 0.404 e. The summed E-state index contributed by atoms with van der Waals surface area (Å²) in [6.45, 7) is 2.99. The van der Waals surface area contributed by atoms with E-state index in [-0.39, 0.29) is 18.9 Å². The lowest BCUT2D eigenvalue weighted by Gasteiger charge is -2.28. The van der Waals surface area contributed by atoms with E-state index in [9.17, 15) is 18.0 Å². The molecule has 110 valence electrons. The van der Waals surface area contributed by atoms with Crippen LogP contribution in [0.5, 0.6) is 0 Å². The van der Waals surface area contributed by atoms with E-state index >= 15 is 0 Å². The Kier molecular flexibility index (Phi) is 3.63. The minimum absolute atomic E-state index is 0.138. The first-order chi connectivity index (χ1) is 9.26. The van der Waals surface area contributed by atoms with Gasteiger partial charge in [0.1, 0.15) is 0 Å². The highest BCUT2D eigenvalue weighted by molar-refractivity contribution is 5.95. The van der Waals surface area contributed by atoms with Gasteiger partial charge in [-0.1, -0.05) is 0 Å². The largest absolute Gasteiger partial charge is 0.404 e. The zero-order valence-corrected chi connectivity index (χ0v) is 11.0. The number of aromatic nitrogens is 3. The van der Waals surface area contributed by atoms with Gasteiger partial charge in [0, 0.05) is 6.54 Å². The fourth-order valence-corrected chi connectivity index (χ4v) is 1.99. The van der Waals surface area contributed by atoms with Gasteiger partial charge in [-0.2, -0.15) is 18.3 Å². The maximum atomic E-state index is 13.2. The first-order valence-electron chi connectivity index (χ1n) is 6.03. The van der Waals surface area contributed by atoms with Crippen LogP contribution < -0.4 is 10.6 Å². The first kappa shape index (κ1) is 14.6. The van der Waals surface area contributed by atoms with E-state index in [1.165, 1.54) is 0 Å². The van der Waals surface area contributed by atoms with Gasteiger partial charge in [-0.15, -0.1) is 5.10 Å². The zero-order valence-electron chi connectivity index (χ0n) is 11.0. The monoisotopic (exact) mass is 289 g/mol. The third kappa shape index (κ3) is 2.45. The molecule has 0 spiro atoms. The third-order valence-corrected chi connectivity index (χ3v) is 3.45. The molecule has 1 amide bonds. The van der Waals surface area contributed by atoms with Crippen molar-refractivity contribution < 1.29 is 18.0 Å². The van der Waals surface area contributed by atoms with Crippen molar-refractivity contribution in [1.29, 1.82) is 0 Å². The summed E-state index contributed by atoms with van der Waals surface area (Å²) in [5, 5.41) is 12.0. The number of nitrogens with zero attached hydrogens (tertiary/aromatic N) is 3. The molecule has 0 radical (unpaired) electrons. The van der Waals surface area contributed by atoms with Crippen molar-refractivity contribution in [3.05, 3.63) is 11.4 Å². The van der Waals surface area contributed by atoms with Gasteiger partial charge >= 0.3 is 6.18 Å². The normalized spacial score (nSPS) is 22.9. The number of rotatable bonds is 2. The molecule has 0 bridgehead atoms. The Labute approximate surface area is 113 Å². The minimum Gasteiger partial charge on any atom is -0.315 e. The van der Waals surface area contributed by atoms with Crippen LogP contribution in [0.25, 0.3) is 0 Å². The molecule has 6 nitrogen and oxygen atoms in total. The summed E-state index contributed by atoms with van der Waals surface area (Å²) in [6.07, 6.45) is -4.94. The van der Waals surface area contributed by atoms with Gasteiger partial charge in [-0.3, -0.25) is 10.1 Å². The minimum atomic E-state index is -4.63. The third-order valence-electron chi connectivity index (χ3n) is 3.45. The smallest absolute Gasteiger partial charge is 0.315 e. The highest BCUT2D eigenvalue weighted by atomic mass is 19.4. The summed E-state index contributed by atoms with van der Waals surface area (Å²) in [5.74, 6) is -1.37. The fourth-order valence-electron chi connectivity index (χ4n) is 1.99. The highest BCUT2D eigenvalue weighted by Crippen LogP contribution is 2.43. The number of aryl methyl sites for hydroxylation is 2. The molecule has 2 N–H and O–H groups in total. The number of hydrogen-bond donors (Lipinski definition) is 2. The standard InChI is InChI=1S/C11H14F3N5O/c1-6-7(2)18-19-9(16-6)17-8(20)10(11(12,13)14)3-4-15-5-10/h15H,3-5H2,1-2H3,(H,16,17,19,20). The number of amides is 1. The van der Waals surface area contributed by atoms with Gasteiger partial charge in [0.25, 0.3) is 0 Å². The number of halogens is 3. The lowest BCUT2D eigenvalue weighted by molar-refractivity contribution is -0.213. The lowest BCUT2D eigenvalue weighted by atomic mass is 9.85. The molecule has 1 fully saturated rings. The number of carbonyl (C=O) groups excluding carboxylic acids is 1. The molecule has 1 aromatic heterocycles. The Balaban J connectivity index is 2.23. The van der Waals surface area contributed by atoms with Crippen molar-refractivity contribution in [1.82, 2.24) is 20.5 Å². The molecule has 1 aliphatic rings. The topological polar surface area (TPSA) is 79.8 Å². The molecule has 1 aliphatic heterocycles. The van der Waals surface area contributed by atoms with Crippen LogP contribution >= 0.6 is 0 Å². The molecule has 1 saturated heterocycles. The summed E-state index contributed by atoms with van der Waals surface area (Å²) in [5.41, 5.74) is -1.38. The van der Waals surface area contributed by atoms with Crippen LogP contribution in [-0.2, 0) is 4.79 Å². The molecular weight excluding hydrogens is 275 g/mol. The van der Waals surface area contributed by atoms with Crippen molar-refractivity contribution in [2.75, 3.05) is 18.4 Å². The molecule has 1 unspecified atom stereocenters. The Morgan fingerprint density at radius 1 is 1.30 bits per heavy atom. The van der Waals surface area contributed by atoms with Crippen molar-refractivity contribution in [3.63, 3.8) is 0 Å². The number of nitrogens with one attached hydrogen (secondary N) is 2. The summed E-state index contributed by atoms with van der Waals surface area (Å²) in [6, 6.07) is 0. The Hall–Kier alpha value is -1.77. The Bertz CT molecular complexity index is 525. The Morgan fingerprint density at radius 2 is 2.00 bits per heavy atom. The van der Waals surface area contributed by atoms with E-state index in [0.717, 1.165) is 0 Å². The molecule has 1 atom stereocenters. The van der Waals surface area contributed by atoms with Crippen LogP contribution in [0.3, 0.4) is 0 Å². The summed E-state index contributed by atoms with van der Waals surface area (Å²) < 4.78 is 39.5. The second-order valence-corrected chi connectivity index (χ2v) is 4.77. The van der Waals surface area contributed by atoms with Gasteiger partial charge < -0.3 is 5.32 Å². The summed E-state index contributed by atoms with van der Waals surface area (Å²) in [7, 11) is 0. The van der Waals surface area contributed by atoms with Crippen LogP contribution in [-0.4, -0.2) is 40.4 Å². The molecule has 0 aromatic carbocycles. The number of alkyl halides is 3. The number of anilines is 1. The second-order valence-electron chi connectivity index (χ2n) is 4.77. The quantitative estimate of drug-likeness (QED) is 0.848. The van der Waals surface area contributed by atoms with E-state index in [4.69, 9.17) is 0 Å². The average molecular weight is 289 g/mol. The van der Waals surface area contributed by atoms with Crippen molar-refractivity contribution >= 4 is 11.9 Å². The molecule has 9 heteroatoms. The average Bonchev–Trinajstić information content (AvgIpc) is 2.84. The zero-order chi connectivity index (χ0) is 15.0. The molecular formula is C11H14F3N5O. The van der Waals surface area contributed by atoms with Crippen molar-refractivity contribution in [2.24, 2.45) is 5.41 Å². The molecule has 1 aromatic rings. The van der Waals surface area contributed by atoms with Crippen LogP contribution in [0.2, 0.25) is 0 Å². The van der Waals surface area contributed by atoms with Crippen LogP contribution in [0.1, 0.15) is 17.8 Å². The van der Waals surface area contributed by atoms with Crippen LogP contribution in [0, 0.1) is 19.3 Å². The molecule has 0 saturated carbocycles. The van der Waals surface area contributed by atoms with E-state index in [1.54, 1.807) is 13.8 Å². The van der Waals surface area contributed by atoms with Crippen LogP contribution in [0.4, 0.5) is 19.1 Å². The predicted octanol–water partition coefficient (Wildman–Crippen LogP) is 0.969. The van der Waals surface area contributed by atoms with Crippen LogP contribution in [0.15, 0.2) is 0 Å². The maximum absolute atomic E-state index is 13.2. The predicted molar refractivity (Wildman–Crippen MR) is 63.9 cm³/mol. The Morgan fingerprint density at radius 3 is 2.50 bits per heavy atom. The van der Waals surface area contributed by atoms with Gasteiger partial charge in [-0.05, 0) is 26.8 Å². The summed E-state index contributed by atoms with van der Waals surface area (Å²) in [4.78, 5) is 15.9. The fraction of sp³-hybridized carbons (Fsp3) is 0.636. The van der Waals surface area contributed by atoms with E-state index in [2.05, 4.69) is 25.8 Å². The van der Waals surface area contributed by atoms with E-state index < -0.39 is 24.0 Å². The molecule has 0 aliphatic carbocycles. The second kappa shape index (κ2) is 4.97. The summed E-state index contributed by atoms with van der Waals surface area (Å²) >= 11 is 0. The lowest BCUT2D eigenvalue weighted by Crippen LogP contribution is -2.49. The number of carbonyl (C=O) groups is 1. The first-order valence-corrected chi connectivity index (χ1v) is 6.03. The van der Waals surface area contributed by atoms with Gasteiger partial charge in [0.2, 0.25) is 11.9 Å². The van der Waals surface area contributed by atoms with Crippen molar-refractivity contribution in [2.45, 2.75) is 26.4 Å². The highest BCUT2D eigenvalue weighted by Gasteiger charge is 2.61. The number of hydrogen-bond acceptors (Lipinski definition) is 5.